The summed E-state index contributed by atoms with van der Waals surface area (Å²) in [6.07, 6.45) is 0. The van der Waals surface area contributed by atoms with Gasteiger partial charge in [-0.15, -0.1) is 11.3 Å². The van der Waals surface area contributed by atoms with Crippen LogP contribution in [0.25, 0.3) is 20.9 Å². The second-order valence-corrected chi connectivity index (χ2v) is 4.57. The summed E-state index contributed by atoms with van der Waals surface area (Å²) < 4.78 is 1.38. The standard InChI is InChI=1S/C13H10S/c1-9-2-3-10-4-5-13-11(6-7-14-13)12(10)8-9/h2-8H,1H3. The summed E-state index contributed by atoms with van der Waals surface area (Å²) >= 11 is 1.81. The zero-order valence-corrected chi connectivity index (χ0v) is 8.77. The van der Waals surface area contributed by atoms with Crippen molar-refractivity contribution >= 4 is 32.2 Å². The van der Waals surface area contributed by atoms with Gasteiger partial charge in [0.25, 0.3) is 0 Å². The lowest BCUT2D eigenvalue weighted by atomic mass is 10.0. The fourth-order valence-corrected chi connectivity index (χ4v) is 2.69. The van der Waals surface area contributed by atoms with Crippen LogP contribution in [0.2, 0.25) is 0 Å². The van der Waals surface area contributed by atoms with Crippen molar-refractivity contribution in [2.45, 2.75) is 6.92 Å². The summed E-state index contributed by atoms with van der Waals surface area (Å²) in [5, 5.41) is 6.26. The third-order valence-electron chi connectivity index (χ3n) is 2.61. The van der Waals surface area contributed by atoms with Gasteiger partial charge in [-0.05, 0) is 35.2 Å². The molecule has 0 spiro atoms. The van der Waals surface area contributed by atoms with Crippen molar-refractivity contribution in [3.8, 4) is 0 Å². The molecule has 14 heavy (non-hydrogen) atoms. The second-order valence-electron chi connectivity index (χ2n) is 3.62. The van der Waals surface area contributed by atoms with E-state index < -0.39 is 0 Å². The lowest BCUT2D eigenvalue weighted by Gasteiger charge is -2.00. The molecule has 0 N–H and O–H groups in total. The van der Waals surface area contributed by atoms with Crippen molar-refractivity contribution in [3.63, 3.8) is 0 Å². The maximum Gasteiger partial charge on any atom is 0.0349 e. The number of fused-ring (bicyclic) bond motifs is 3. The maximum absolute atomic E-state index is 2.27. The van der Waals surface area contributed by atoms with E-state index in [0.29, 0.717) is 0 Å². The van der Waals surface area contributed by atoms with E-state index in [4.69, 9.17) is 0 Å². The van der Waals surface area contributed by atoms with Gasteiger partial charge in [-0.2, -0.15) is 0 Å². The van der Waals surface area contributed by atoms with E-state index in [1.807, 2.05) is 11.3 Å². The van der Waals surface area contributed by atoms with E-state index in [0.717, 1.165) is 0 Å². The van der Waals surface area contributed by atoms with Gasteiger partial charge in [-0.3, -0.25) is 0 Å². The molecule has 0 saturated heterocycles. The Kier molecular flexibility index (Phi) is 1.62. The van der Waals surface area contributed by atoms with Crippen LogP contribution in [-0.4, -0.2) is 0 Å². The van der Waals surface area contributed by atoms with Gasteiger partial charge in [-0.1, -0.05) is 29.8 Å². The molecular weight excluding hydrogens is 188 g/mol. The Bertz CT molecular complexity index is 605. The first-order chi connectivity index (χ1) is 6.84. The van der Waals surface area contributed by atoms with E-state index in [-0.39, 0.29) is 0 Å². The first-order valence-electron chi connectivity index (χ1n) is 4.71. The molecule has 0 saturated carbocycles. The molecule has 1 aromatic heterocycles. The molecule has 0 radical (unpaired) electrons. The third-order valence-corrected chi connectivity index (χ3v) is 3.49. The van der Waals surface area contributed by atoms with Crippen molar-refractivity contribution in [1.29, 1.82) is 0 Å². The number of rotatable bonds is 0. The van der Waals surface area contributed by atoms with Crippen LogP contribution < -0.4 is 0 Å². The average molecular weight is 198 g/mol. The number of aryl methyl sites for hydroxylation is 1. The third kappa shape index (κ3) is 1.06. The summed E-state index contributed by atoms with van der Waals surface area (Å²) in [5.74, 6) is 0. The molecule has 0 aliphatic rings. The Balaban J connectivity index is 2.60. The molecule has 0 amide bonds. The van der Waals surface area contributed by atoms with Crippen LogP contribution in [0.4, 0.5) is 0 Å². The topological polar surface area (TPSA) is 0 Å². The molecule has 68 valence electrons. The Hall–Kier alpha value is -1.34. The number of hydrogen-bond donors (Lipinski definition) is 0. The van der Waals surface area contributed by atoms with Gasteiger partial charge in [0.15, 0.2) is 0 Å². The van der Waals surface area contributed by atoms with Crippen LogP contribution in [0.1, 0.15) is 5.56 Å². The molecule has 0 aliphatic heterocycles. The van der Waals surface area contributed by atoms with Crippen molar-refractivity contribution in [3.05, 3.63) is 47.3 Å². The first-order valence-corrected chi connectivity index (χ1v) is 5.59. The van der Waals surface area contributed by atoms with E-state index in [2.05, 4.69) is 48.7 Å². The van der Waals surface area contributed by atoms with Gasteiger partial charge in [-0.25, -0.2) is 0 Å². The lowest BCUT2D eigenvalue weighted by molar-refractivity contribution is 1.51. The van der Waals surface area contributed by atoms with E-state index in [9.17, 15) is 0 Å². The fraction of sp³-hybridized carbons (Fsp3) is 0.0769. The Morgan fingerprint density at radius 2 is 1.79 bits per heavy atom. The van der Waals surface area contributed by atoms with Gasteiger partial charge in [0.1, 0.15) is 0 Å². The zero-order chi connectivity index (χ0) is 9.54. The van der Waals surface area contributed by atoms with Crippen LogP contribution in [0, 0.1) is 6.92 Å². The van der Waals surface area contributed by atoms with Crippen LogP contribution in [0.15, 0.2) is 41.8 Å². The number of hydrogen-bond acceptors (Lipinski definition) is 1. The summed E-state index contributed by atoms with van der Waals surface area (Å²) in [6, 6.07) is 13.2. The molecule has 0 atom stereocenters. The minimum Gasteiger partial charge on any atom is -0.144 e. The minimum atomic E-state index is 1.33. The highest BCUT2D eigenvalue weighted by molar-refractivity contribution is 7.17. The molecular formula is C13H10S. The van der Waals surface area contributed by atoms with Crippen molar-refractivity contribution in [2.24, 2.45) is 0 Å². The van der Waals surface area contributed by atoms with Crippen LogP contribution >= 0.6 is 11.3 Å². The SMILES string of the molecule is Cc1ccc2ccc3sccc3c2c1. The molecule has 0 fully saturated rings. The lowest BCUT2D eigenvalue weighted by Crippen LogP contribution is -1.75. The number of benzene rings is 2. The Labute approximate surface area is 86.8 Å². The maximum atomic E-state index is 2.27. The summed E-state index contributed by atoms with van der Waals surface area (Å²) in [6.45, 7) is 2.14. The first kappa shape index (κ1) is 8.01. The van der Waals surface area contributed by atoms with Crippen molar-refractivity contribution in [2.75, 3.05) is 0 Å². The smallest absolute Gasteiger partial charge is 0.0349 e. The van der Waals surface area contributed by atoms with E-state index >= 15 is 0 Å². The van der Waals surface area contributed by atoms with Gasteiger partial charge >= 0.3 is 0 Å². The predicted molar refractivity (Wildman–Crippen MR) is 64.1 cm³/mol. The molecule has 0 unspecified atom stereocenters. The van der Waals surface area contributed by atoms with Gasteiger partial charge in [0.2, 0.25) is 0 Å². The zero-order valence-electron chi connectivity index (χ0n) is 7.95. The normalized spacial score (nSPS) is 11.2. The van der Waals surface area contributed by atoms with E-state index in [1.54, 1.807) is 0 Å². The van der Waals surface area contributed by atoms with Crippen LogP contribution in [0.5, 0.6) is 0 Å². The average Bonchev–Trinajstić information content (AvgIpc) is 2.65. The quantitative estimate of drug-likeness (QED) is 0.503. The van der Waals surface area contributed by atoms with Crippen LogP contribution in [0.3, 0.4) is 0 Å². The Morgan fingerprint density at radius 3 is 2.71 bits per heavy atom. The molecule has 1 heterocycles. The summed E-state index contributed by atoms with van der Waals surface area (Å²) in [4.78, 5) is 0. The molecule has 3 rings (SSSR count). The monoisotopic (exact) mass is 198 g/mol. The molecule has 0 bridgehead atoms. The number of thiophene rings is 1. The van der Waals surface area contributed by atoms with Crippen molar-refractivity contribution < 1.29 is 0 Å². The highest BCUT2D eigenvalue weighted by atomic mass is 32.1. The predicted octanol–water partition coefficient (Wildman–Crippen LogP) is 4.36. The van der Waals surface area contributed by atoms with Gasteiger partial charge < -0.3 is 0 Å². The van der Waals surface area contributed by atoms with Gasteiger partial charge in [0, 0.05) is 10.1 Å². The molecule has 2 aromatic carbocycles. The summed E-state index contributed by atoms with van der Waals surface area (Å²) in [7, 11) is 0. The van der Waals surface area contributed by atoms with Gasteiger partial charge in [0.05, 0.1) is 0 Å². The summed E-state index contributed by atoms with van der Waals surface area (Å²) in [5.41, 5.74) is 1.33. The highest BCUT2D eigenvalue weighted by Crippen LogP contribution is 2.29. The molecule has 1 heteroatoms. The largest absolute Gasteiger partial charge is 0.144 e. The molecule has 0 nitrogen and oxygen atoms in total. The minimum absolute atomic E-state index is 1.33. The Morgan fingerprint density at radius 1 is 0.929 bits per heavy atom. The van der Waals surface area contributed by atoms with Crippen molar-refractivity contribution in [1.82, 2.24) is 0 Å². The molecule has 0 aliphatic carbocycles. The fourth-order valence-electron chi connectivity index (χ4n) is 1.89. The highest BCUT2D eigenvalue weighted by Gasteiger charge is 2.00. The second kappa shape index (κ2) is 2.82. The van der Waals surface area contributed by atoms with Crippen LogP contribution in [-0.2, 0) is 0 Å². The van der Waals surface area contributed by atoms with E-state index in [1.165, 1.54) is 26.4 Å². The molecule has 3 aromatic rings.